The predicted molar refractivity (Wildman–Crippen MR) is 157 cm³/mol. The number of hydrogen-bond donors (Lipinski definition) is 1. The van der Waals surface area contributed by atoms with Gasteiger partial charge in [-0.05, 0) is 47.6 Å². The third kappa shape index (κ3) is 5.31. The van der Waals surface area contributed by atoms with Crippen LogP contribution in [0.15, 0.2) is 95.9 Å². The third-order valence-corrected chi connectivity index (χ3v) is 9.41. The van der Waals surface area contributed by atoms with Crippen LogP contribution in [-0.4, -0.2) is 44.8 Å². The molecular formula is C32H33N3O4S. The zero-order chi connectivity index (χ0) is 28.3. The predicted octanol–water partition coefficient (Wildman–Crippen LogP) is 4.82. The zero-order valence-corrected chi connectivity index (χ0v) is 23.5. The number of benzene rings is 4. The highest BCUT2D eigenvalue weighted by molar-refractivity contribution is 7.93. The Balaban J connectivity index is 1.38. The van der Waals surface area contributed by atoms with Gasteiger partial charge >= 0.3 is 0 Å². The molecule has 4 aromatic carbocycles. The van der Waals surface area contributed by atoms with Crippen LogP contribution >= 0.6 is 0 Å². The van der Waals surface area contributed by atoms with Crippen molar-refractivity contribution in [1.29, 1.82) is 0 Å². The summed E-state index contributed by atoms with van der Waals surface area (Å²) in [5, 5.41) is 4.33. The molecule has 0 aliphatic carbocycles. The smallest absolute Gasteiger partial charge is 0.265 e. The molecule has 8 heteroatoms. The third-order valence-electron chi connectivity index (χ3n) is 7.55. The second-order valence-electron chi connectivity index (χ2n) is 10.1. The molecule has 0 radical (unpaired) electrons. The Morgan fingerprint density at radius 3 is 2.33 bits per heavy atom. The fraction of sp³-hybridized carbons (Fsp3) is 0.250. The molecule has 1 aliphatic rings. The number of nitrogens with zero attached hydrogens (tertiary/aromatic N) is 2. The van der Waals surface area contributed by atoms with Crippen LogP contribution in [0.2, 0.25) is 0 Å². The number of amides is 2. The van der Waals surface area contributed by atoms with Crippen molar-refractivity contribution in [3.8, 4) is 0 Å². The summed E-state index contributed by atoms with van der Waals surface area (Å²) in [7, 11) is -2.12. The summed E-state index contributed by atoms with van der Waals surface area (Å²) < 4.78 is 28.1. The van der Waals surface area contributed by atoms with Gasteiger partial charge in [-0.2, -0.15) is 0 Å². The summed E-state index contributed by atoms with van der Waals surface area (Å²) in [5.74, 6) is -0.435. The molecule has 0 aromatic heterocycles. The summed E-state index contributed by atoms with van der Waals surface area (Å²) >= 11 is 0. The maximum Gasteiger partial charge on any atom is 0.265 e. The Hall–Kier alpha value is -4.17. The highest BCUT2D eigenvalue weighted by atomic mass is 32.2. The van der Waals surface area contributed by atoms with Crippen molar-refractivity contribution >= 4 is 38.3 Å². The van der Waals surface area contributed by atoms with Gasteiger partial charge in [0.25, 0.3) is 10.0 Å². The average molecular weight is 556 g/mol. The van der Waals surface area contributed by atoms with E-state index in [4.69, 9.17) is 0 Å². The van der Waals surface area contributed by atoms with Gasteiger partial charge in [0, 0.05) is 38.4 Å². The number of likely N-dealkylation sites (N-methyl/N-ethyl adjacent to an activating group) is 1. The normalized spacial score (nSPS) is 14.2. The standard InChI is InChI=1S/C32H33N3O4S/c1-23-11-6-7-14-26(23)22-34(28(32(37)33-2)21-24-12-4-3-5-13-24)30(36)19-10-20-35-27-17-8-15-25-16-9-18-29(31(25)27)40(35,38)39/h3-9,11-18,28H,10,19-22H2,1-2H3,(H,33,37)/t28-/m1/s1. The number of carbonyl (C=O) groups is 2. The maximum atomic E-state index is 13.8. The minimum Gasteiger partial charge on any atom is -0.357 e. The van der Waals surface area contributed by atoms with Crippen molar-refractivity contribution in [3.05, 3.63) is 108 Å². The topological polar surface area (TPSA) is 86.8 Å². The van der Waals surface area contributed by atoms with E-state index in [1.807, 2.05) is 85.8 Å². The highest BCUT2D eigenvalue weighted by Crippen LogP contribution is 2.42. The van der Waals surface area contributed by atoms with Gasteiger partial charge in [-0.3, -0.25) is 13.9 Å². The molecule has 206 valence electrons. The molecule has 0 saturated carbocycles. The van der Waals surface area contributed by atoms with E-state index in [1.165, 1.54) is 4.31 Å². The summed E-state index contributed by atoms with van der Waals surface area (Å²) in [5.41, 5.74) is 3.59. The lowest BCUT2D eigenvalue weighted by atomic mass is 10.0. The van der Waals surface area contributed by atoms with E-state index in [-0.39, 0.29) is 31.3 Å². The van der Waals surface area contributed by atoms with E-state index in [2.05, 4.69) is 5.32 Å². The molecular weight excluding hydrogens is 522 g/mol. The van der Waals surface area contributed by atoms with Gasteiger partial charge in [0.15, 0.2) is 0 Å². The van der Waals surface area contributed by atoms with Gasteiger partial charge in [-0.1, -0.05) is 78.9 Å². The highest BCUT2D eigenvalue weighted by Gasteiger charge is 2.36. The summed E-state index contributed by atoms with van der Waals surface area (Å²) in [6, 6.07) is 27.6. The van der Waals surface area contributed by atoms with Gasteiger partial charge in [0.1, 0.15) is 6.04 Å². The molecule has 1 heterocycles. The summed E-state index contributed by atoms with van der Waals surface area (Å²) in [4.78, 5) is 28.9. The number of sulfonamides is 1. The van der Waals surface area contributed by atoms with Crippen LogP contribution in [0.5, 0.6) is 0 Å². The number of nitrogens with one attached hydrogen (secondary N) is 1. The minimum absolute atomic E-state index is 0.104. The SMILES string of the molecule is CNC(=O)[C@@H](Cc1ccccc1)N(Cc1ccccc1C)C(=O)CCCN1c2cccc3cccc(c23)S1(=O)=O. The van der Waals surface area contributed by atoms with Crippen molar-refractivity contribution in [2.45, 2.75) is 43.7 Å². The van der Waals surface area contributed by atoms with Gasteiger partial charge in [-0.25, -0.2) is 8.42 Å². The van der Waals surface area contributed by atoms with Gasteiger partial charge in [0.05, 0.1) is 10.6 Å². The molecule has 0 spiro atoms. The zero-order valence-electron chi connectivity index (χ0n) is 22.7. The van der Waals surface area contributed by atoms with Crippen LogP contribution in [0, 0.1) is 6.92 Å². The second kappa shape index (κ2) is 11.5. The first-order valence-corrected chi connectivity index (χ1v) is 14.9. The van der Waals surface area contributed by atoms with Crippen LogP contribution in [0.4, 0.5) is 5.69 Å². The van der Waals surface area contributed by atoms with Crippen LogP contribution < -0.4 is 9.62 Å². The first-order chi connectivity index (χ1) is 19.3. The van der Waals surface area contributed by atoms with E-state index < -0.39 is 16.1 Å². The quantitative estimate of drug-likeness (QED) is 0.304. The first-order valence-electron chi connectivity index (χ1n) is 13.4. The van der Waals surface area contributed by atoms with E-state index in [0.29, 0.717) is 23.4 Å². The van der Waals surface area contributed by atoms with E-state index in [1.54, 1.807) is 24.1 Å². The number of carbonyl (C=O) groups excluding carboxylic acids is 2. The van der Waals surface area contributed by atoms with Crippen LogP contribution in [0.1, 0.15) is 29.5 Å². The molecule has 1 aliphatic heterocycles. The second-order valence-corrected chi connectivity index (χ2v) is 11.9. The number of aryl methyl sites for hydroxylation is 1. The molecule has 0 unspecified atom stereocenters. The van der Waals surface area contributed by atoms with Crippen LogP contribution in [0.3, 0.4) is 0 Å². The molecule has 2 amide bonds. The molecule has 5 rings (SSSR count). The molecule has 0 saturated heterocycles. The monoisotopic (exact) mass is 555 g/mol. The minimum atomic E-state index is -3.70. The Morgan fingerprint density at radius 2 is 1.60 bits per heavy atom. The summed E-state index contributed by atoms with van der Waals surface area (Å²) in [6.45, 7) is 2.44. The lowest BCUT2D eigenvalue weighted by molar-refractivity contribution is -0.141. The van der Waals surface area contributed by atoms with Gasteiger partial charge in [0.2, 0.25) is 11.8 Å². The first kappa shape index (κ1) is 27.4. The largest absolute Gasteiger partial charge is 0.357 e. The van der Waals surface area contributed by atoms with Crippen LogP contribution in [-0.2, 0) is 32.6 Å². The lowest BCUT2D eigenvalue weighted by Crippen LogP contribution is -2.49. The lowest BCUT2D eigenvalue weighted by Gasteiger charge is -2.32. The van der Waals surface area contributed by atoms with E-state index in [0.717, 1.165) is 27.5 Å². The molecule has 4 aromatic rings. The Labute approximate surface area is 235 Å². The molecule has 1 atom stereocenters. The number of anilines is 1. The van der Waals surface area contributed by atoms with Crippen molar-refractivity contribution in [2.24, 2.45) is 0 Å². The Morgan fingerprint density at radius 1 is 0.900 bits per heavy atom. The van der Waals surface area contributed by atoms with Crippen LogP contribution in [0.25, 0.3) is 10.8 Å². The molecule has 0 bridgehead atoms. The fourth-order valence-electron chi connectivity index (χ4n) is 5.41. The van der Waals surface area contributed by atoms with Crippen molar-refractivity contribution in [1.82, 2.24) is 10.2 Å². The molecule has 1 N–H and O–H groups in total. The van der Waals surface area contributed by atoms with Gasteiger partial charge < -0.3 is 10.2 Å². The van der Waals surface area contributed by atoms with E-state index in [9.17, 15) is 18.0 Å². The van der Waals surface area contributed by atoms with Crippen molar-refractivity contribution in [2.75, 3.05) is 17.9 Å². The molecule has 0 fully saturated rings. The number of hydrogen-bond acceptors (Lipinski definition) is 4. The Bertz CT molecular complexity index is 1650. The average Bonchev–Trinajstić information content (AvgIpc) is 3.19. The maximum absolute atomic E-state index is 13.8. The molecule has 40 heavy (non-hydrogen) atoms. The number of rotatable bonds is 10. The van der Waals surface area contributed by atoms with Crippen molar-refractivity contribution < 1.29 is 18.0 Å². The molecule has 7 nitrogen and oxygen atoms in total. The van der Waals surface area contributed by atoms with Gasteiger partial charge in [-0.15, -0.1) is 0 Å². The summed E-state index contributed by atoms with van der Waals surface area (Å²) in [6.07, 6.45) is 0.793. The fourth-order valence-corrected chi connectivity index (χ4v) is 7.16. The van der Waals surface area contributed by atoms with Crippen molar-refractivity contribution in [3.63, 3.8) is 0 Å². The van der Waals surface area contributed by atoms with E-state index >= 15 is 0 Å². The Kier molecular flexibility index (Phi) is 7.89.